The minimum absolute atomic E-state index is 1.23. The lowest BCUT2D eigenvalue weighted by atomic mass is 10.1. The fourth-order valence-corrected chi connectivity index (χ4v) is 1.56. The van der Waals surface area contributed by atoms with Crippen LogP contribution in [0.15, 0.2) is 30.5 Å². The Labute approximate surface area is 72.1 Å². The van der Waals surface area contributed by atoms with Crippen LogP contribution in [0.1, 0.15) is 11.3 Å². The van der Waals surface area contributed by atoms with Gasteiger partial charge in [0, 0.05) is 18.4 Å². The van der Waals surface area contributed by atoms with Gasteiger partial charge in [0.25, 0.3) is 0 Å². The molecule has 0 atom stereocenters. The number of H-pyrrole nitrogens is 1. The number of hydrogen-bond donors (Lipinski definition) is 0. The molecular formula is C11H12N+. The van der Waals surface area contributed by atoms with Gasteiger partial charge in [-0.05, 0) is 23.9 Å². The van der Waals surface area contributed by atoms with Crippen molar-refractivity contribution in [3.8, 4) is 0 Å². The molecule has 2 rings (SSSR count). The van der Waals surface area contributed by atoms with Crippen LogP contribution >= 0.6 is 0 Å². The summed E-state index contributed by atoms with van der Waals surface area (Å²) < 4.78 is 0. The maximum atomic E-state index is 3.20. The number of aromatic nitrogens is 1. The highest BCUT2D eigenvalue weighted by atomic mass is 14.7. The lowest BCUT2D eigenvalue weighted by molar-refractivity contribution is -0.385. The zero-order valence-electron chi connectivity index (χ0n) is 7.39. The largest absolute Gasteiger partial charge is 0.215 e. The first-order valence-corrected chi connectivity index (χ1v) is 4.15. The van der Waals surface area contributed by atoms with Crippen molar-refractivity contribution >= 4 is 10.8 Å². The van der Waals surface area contributed by atoms with Crippen LogP contribution < -0.4 is 4.98 Å². The minimum Gasteiger partial charge on any atom is -0.215 e. The fourth-order valence-electron chi connectivity index (χ4n) is 1.56. The number of pyridine rings is 1. The van der Waals surface area contributed by atoms with Crippen molar-refractivity contribution in [2.45, 2.75) is 13.8 Å². The van der Waals surface area contributed by atoms with Gasteiger partial charge in [0.1, 0.15) is 0 Å². The Hall–Kier alpha value is -1.37. The van der Waals surface area contributed by atoms with Crippen LogP contribution in [0.25, 0.3) is 10.8 Å². The summed E-state index contributed by atoms with van der Waals surface area (Å²) in [6, 6.07) is 8.51. The normalized spacial score (nSPS) is 10.5. The number of nitrogens with one attached hydrogen (secondary N) is 1. The molecule has 60 valence electrons. The predicted molar refractivity (Wildman–Crippen MR) is 50.0 cm³/mol. The Morgan fingerprint density at radius 2 is 1.83 bits per heavy atom. The maximum Gasteiger partial charge on any atom is 0.184 e. The van der Waals surface area contributed by atoms with Crippen molar-refractivity contribution in [2.24, 2.45) is 0 Å². The van der Waals surface area contributed by atoms with Gasteiger partial charge in [-0.25, -0.2) is 4.98 Å². The smallest absolute Gasteiger partial charge is 0.184 e. The molecule has 12 heavy (non-hydrogen) atoms. The van der Waals surface area contributed by atoms with Gasteiger partial charge in [-0.1, -0.05) is 12.1 Å². The molecule has 0 saturated carbocycles. The van der Waals surface area contributed by atoms with E-state index in [2.05, 4.69) is 43.1 Å². The van der Waals surface area contributed by atoms with E-state index in [4.69, 9.17) is 0 Å². The highest BCUT2D eigenvalue weighted by molar-refractivity contribution is 5.86. The second-order valence-corrected chi connectivity index (χ2v) is 3.14. The third kappa shape index (κ3) is 0.981. The first kappa shape index (κ1) is 7.29. The van der Waals surface area contributed by atoms with Crippen LogP contribution in [0.4, 0.5) is 0 Å². The van der Waals surface area contributed by atoms with Crippen molar-refractivity contribution < 1.29 is 4.98 Å². The van der Waals surface area contributed by atoms with Gasteiger partial charge in [-0.15, -0.1) is 0 Å². The molecule has 1 heterocycles. The predicted octanol–water partition coefficient (Wildman–Crippen LogP) is 2.27. The average Bonchev–Trinajstić information content (AvgIpc) is 2.07. The first-order valence-electron chi connectivity index (χ1n) is 4.15. The summed E-state index contributed by atoms with van der Waals surface area (Å²) in [7, 11) is 0. The van der Waals surface area contributed by atoms with Crippen molar-refractivity contribution in [3.05, 3.63) is 41.7 Å². The van der Waals surface area contributed by atoms with Gasteiger partial charge in [0.15, 0.2) is 11.9 Å². The molecule has 0 saturated heterocycles. The van der Waals surface area contributed by atoms with Gasteiger partial charge >= 0.3 is 0 Å². The summed E-state index contributed by atoms with van der Waals surface area (Å²) in [6.45, 7) is 4.24. The Bertz CT molecular complexity index is 377. The molecule has 0 bridgehead atoms. The Morgan fingerprint density at radius 1 is 1.00 bits per heavy atom. The van der Waals surface area contributed by atoms with Crippen LogP contribution in [0, 0.1) is 13.8 Å². The topological polar surface area (TPSA) is 14.1 Å². The zero-order valence-corrected chi connectivity index (χ0v) is 7.39. The summed E-state index contributed by atoms with van der Waals surface area (Å²) in [5.41, 5.74) is 2.57. The molecule has 2 aromatic rings. The molecule has 0 radical (unpaired) electrons. The van der Waals surface area contributed by atoms with Gasteiger partial charge in [-0.3, -0.25) is 0 Å². The van der Waals surface area contributed by atoms with E-state index in [1.807, 2.05) is 6.20 Å². The second-order valence-electron chi connectivity index (χ2n) is 3.14. The van der Waals surface area contributed by atoms with Crippen LogP contribution in [0.5, 0.6) is 0 Å². The Morgan fingerprint density at radius 3 is 2.58 bits per heavy atom. The number of fused-ring (bicyclic) bond motifs is 1. The molecule has 0 amide bonds. The third-order valence-electron chi connectivity index (χ3n) is 2.28. The van der Waals surface area contributed by atoms with E-state index in [-0.39, 0.29) is 0 Å². The molecular weight excluding hydrogens is 146 g/mol. The van der Waals surface area contributed by atoms with E-state index >= 15 is 0 Å². The molecule has 0 unspecified atom stereocenters. The van der Waals surface area contributed by atoms with Crippen molar-refractivity contribution in [3.63, 3.8) is 0 Å². The second kappa shape index (κ2) is 2.59. The number of aromatic amines is 1. The van der Waals surface area contributed by atoms with E-state index in [1.54, 1.807) is 0 Å². The van der Waals surface area contributed by atoms with Gasteiger partial charge in [0.05, 0.1) is 0 Å². The van der Waals surface area contributed by atoms with Crippen LogP contribution in [-0.4, -0.2) is 0 Å². The molecule has 1 aromatic heterocycles. The summed E-state index contributed by atoms with van der Waals surface area (Å²) >= 11 is 0. The summed E-state index contributed by atoms with van der Waals surface area (Å²) in [6.07, 6.45) is 1.99. The summed E-state index contributed by atoms with van der Waals surface area (Å²) in [5, 5.41) is 2.66. The number of aryl methyl sites for hydroxylation is 2. The van der Waals surface area contributed by atoms with Crippen LogP contribution in [-0.2, 0) is 0 Å². The SMILES string of the molecule is Cc1cccc2c(C)[nH+]ccc12. The lowest BCUT2D eigenvalue weighted by Crippen LogP contribution is -2.05. The molecule has 1 nitrogen and oxygen atoms in total. The van der Waals surface area contributed by atoms with E-state index in [1.165, 1.54) is 22.0 Å². The molecule has 1 N–H and O–H groups in total. The molecule has 0 aliphatic heterocycles. The van der Waals surface area contributed by atoms with E-state index in [9.17, 15) is 0 Å². The molecule has 0 spiro atoms. The van der Waals surface area contributed by atoms with E-state index in [0.29, 0.717) is 0 Å². The molecule has 0 aliphatic carbocycles. The highest BCUT2D eigenvalue weighted by Gasteiger charge is 2.02. The zero-order chi connectivity index (χ0) is 8.55. The Balaban J connectivity index is 2.94. The average molecular weight is 158 g/mol. The van der Waals surface area contributed by atoms with Crippen molar-refractivity contribution in [1.82, 2.24) is 0 Å². The number of benzene rings is 1. The highest BCUT2D eigenvalue weighted by Crippen LogP contribution is 2.17. The van der Waals surface area contributed by atoms with Crippen LogP contribution in [0.2, 0.25) is 0 Å². The molecule has 0 fully saturated rings. The van der Waals surface area contributed by atoms with E-state index in [0.717, 1.165) is 0 Å². The quantitative estimate of drug-likeness (QED) is 0.558. The molecule has 1 aromatic carbocycles. The van der Waals surface area contributed by atoms with E-state index < -0.39 is 0 Å². The fraction of sp³-hybridized carbons (Fsp3) is 0.182. The molecule has 0 aliphatic rings. The van der Waals surface area contributed by atoms with Crippen LogP contribution in [0.3, 0.4) is 0 Å². The van der Waals surface area contributed by atoms with Gasteiger partial charge < -0.3 is 0 Å². The first-order chi connectivity index (χ1) is 5.79. The lowest BCUT2D eigenvalue weighted by Gasteiger charge is -1.98. The van der Waals surface area contributed by atoms with Crippen molar-refractivity contribution in [2.75, 3.05) is 0 Å². The minimum atomic E-state index is 1.23. The third-order valence-corrected chi connectivity index (χ3v) is 2.28. The van der Waals surface area contributed by atoms with Gasteiger partial charge in [0.2, 0.25) is 0 Å². The van der Waals surface area contributed by atoms with Crippen molar-refractivity contribution in [1.29, 1.82) is 0 Å². The van der Waals surface area contributed by atoms with Gasteiger partial charge in [-0.2, -0.15) is 0 Å². The summed E-state index contributed by atoms with van der Waals surface area (Å²) in [5.74, 6) is 0. The monoisotopic (exact) mass is 158 g/mol. The summed E-state index contributed by atoms with van der Waals surface area (Å²) in [4.78, 5) is 3.20. The Kier molecular flexibility index (Phi) is 1.58. The number of hydrogen-bond acceptors (Lipinski definition) is 0. The maximum absolute atomic E-state index is 3.20. The standard InChI is InChI=1S/C11H11N/c1-8-4-3-5-11-9(2)12-7-6-10(8)11/h3-7H,1-2H3/p+1. The number of rotatable bonds is 0. The molecule has 1 heteroatoms.